The molecule has 0 saturated carbocycles. The van der Waals surface area contributed by atoms with Crippen LogP contribution >= 0.6 is 8.58 Å². The van der Waals surface area contributed by atoms with E-state index in [2.05, 4.69) is 152 Å². The van der Waals surface area contributed by atoms with Crippen LogP contribution < -0.4 is 21.3 Å². The van der Waals surface area contributed by atoms with Crippen molar-refractivity contribution in [1.82, 2.24) is 0 Å². The minimum Gasteiger partial charge on any atom is -0.0622 e. The molecule has 0 amide bonds. The second-order valence-corrected chi connectivity index (χ2v) is 15.8. The second-order valence-electron chi connectivity index (χ2n) is 7.33. The summed E-state index contributed by atoms with van der Waals surface area (Å²) < 4.78 is 4.59. The molecule has 5 rings (SSSR count). The summed E-state index contributed by atoms with van der Waals surface area (Å²) >= 11 is -1.98. The van der Waals surface area contributed by atoms with Gasteiger partial charge in [-0.3, -0.25) is 0 Å². The molecular formula is C30H26PSn. The average molecular weight is 536 g/mol. The average Bonchev–Trinajstić information content (AvgIpc) is 2.88. The van der Waals surface area contributed by atoms with E-state index >= 15 is 0 Å². The van der Waals surface area contributed by atoms with E-state index < -0.39 is 19.8 Å². The summed E-state index contributed by atoms with van der Waals surface area (Å²) in [4.78, 5) is 0. The van der Waals surface area contributed by atoms with Crippen molar-refractivity contribution in [2.75, 3.05) is 0 Å². The summed E-state index contributed by atoms with van der Waals surface area (Å²) in [7, 11) is 0.777. The molecule has 155 valence electrons. The van der Waals surface area contributed by atoms with E-state index in [0.717, 1.165) is 8.58 Å². The van der Waals surface area contributed by atoms with Gasteiger partial charge in [-0.2, -0.15) is 0 Å². The summed E-state index contributed by atoms with van der Waals surface area (Å²) in [5, 5.41) is 2.79. The van der Waals surface area contributed by atoms with E-state index in [0.29, 0.717) is 0 Å². The first kappa shape index (κ1) is 22.5. The van der Waals surface area contributed by atoms with Crippen LogP contribution in [0.2, 0.25) is 0 Å². The summed E-state index contributed by atoms with van der Waals surface area (Å²) in [6.07, 6.45) is 0. The van der Waals surface area contributed by atoms with Gasteiger partial charge < -0.3 is 0 Å². The summed E-state index contributed by atoms with van der Waals surface area (Å²) in [6, 6.07) is 54.1. The molecule has 0 heterocycles. The maximum absolute atomic E-state index is 2.29. The van der Waals surface area contributed by atoms with Crippen LogP contribution in [0.5, 0.6) is 0 Å². The van der Waals surface area contributed by atoms with Crippen molar-refractivity contribution in [2.45, 2.75) is 0 Å². The second kappa shape index (κ2) is 12.4. The van der Waals surface area contributed by atoms with Gasteiger partial charge in [0.05, 0.1) is 0 Å². The molecule has 0 aromatic heterocycles. The van der Waals surface area contributed by atoms with Crippen LogP contribution in [0.25, 0.3) is 0 Å². The van der Waals surface area contributed by atoms with E-state index in [1.807, 2.05) is 0 Å². The van der Waals surface area contributed by atoms with Crippen LogP contribution in [0.4, 0.5) is 0 Å². The first-order chi connectivity index (χ1) is 15.9. The standard InChI is InChI=1S/C12H11P.3C6H5.Sn/c1-3-7-11(8-4-1)13-12-9-5-2-6-10-12;3*1-2-4-6-5-3-1;/h1-10,13H;3*1-5H;. The van der Waals surface area contributed by atoms with Crippen LogP contribution in [0.3, 0.4) is 0 Å². The van der Waals surface area contributed by atoms with Gasteiger partial charge in [-0.05, 0) is 10.6 Å². The Labute approximate surface area is 200 Å². The van der Waals surface area contributed by atoms with Crippen molar-refractivity contribution in [1.29, 1.82) is 0 Å². The van der Waals surface area contributed by atoms with Crippen LogP contribution in [-0.4, -0.2) is 19.8 Å². The molecule has 0 unspecified atom stereocenters. The quantitative estimate of drug-likeness (QED) is 0.229. The van der Waals surface area contributed by atoms with Crippen molar-refractivity contribution in [3.8, 4) is 0 Å². The molecule has 2 heteroatoms. The van der Waals surface area contributed by atoms with E-state index in [1.165, 1.54) is 21.3 Å². The molecule has 0 atom stereocenters. The Balaban J connectivity index is 0.000000165. The third-order valence-corrected chi connectivity index (χ3v) is 14.1. The molecule has 5 aromatic rings. The molecule has 5 aromatic carbocycles. The summed E-state index contributed by atoms with van der Waals surface area (Å²) in [5.41, 5.74) is 0. The smallest absolute Gasteiger partial charge is 0.0226 e. The van der Waals surface area contributed by atoms with Crippen molar-refractivity contribution in [2.24, 2.45) is 0 Å². The van der Waals surface area contributed by atoms with E-state index in [4.69, 9.17) is 0 Å². The topological polar surface area (TPSA) is 0 Å². The van der Waals surface area contributed by atoms with Gasteiger partial charge >= 0.3 is 121 Å². The predicted molar refractivity (Wildman–Crippen MR) is 144 cm³/mol. The van der Waals surface area contributed by atoms with Gasteiger partial charge in [0, 0.05) is 0 Å². The molecule has 1 radical (unpaired) electrons. The third-order valence-electron chi connectivity index (χ3n) is 5.02. The molecule has 0 saturated heterocycles. The third kappa shape index (κ3) is 6.66. The van der Waals surface area contributed by atoms with E-state index in [-0.39, 0.29) is 0 Å². The molecule has 0 bridgehead atoms. The van der Waals surface area contributed by atoms with Gasteiger partial charge in [0.25, 0.3) is 0 Å². The van der Waals surface area contributed by atoms with Crippen molar-refractivity contribution < 1.29 is 0 Å². The number of rotatable bonds is 5. The van der Waals surface area contributed by atoms with Gasteiger partial charge in [-0.1, -0.05) is 69.2 Å². The Morgan fingerprint density at radius 1 is 0.312 bits per heavy atom. The Morgan fingerprint density at radius 3 is 0.844 bits per heavy atom. The number of benzene rings is 5. The monoisotopic (exact) mass is 537 g/mol. The normalized spacial score (nSPS) is 10.3. The molecular weight excluding hydrogens is 510 g/mol. The minimum absolute atomic E-state index is 0.777. The van der Waals surface area contributed by atoms with Crippen molar-refractivity contribution >= 4 is 49.7 Å². The van der Waals surface area contributed by atoms with Crippen LogP contribution in [-0.2, 0) is 0 Å². The molecule has 0 nitrogen and oxygen atoms in total. The van der Waals surface area contributed by atoms with Crippen molar-refractivity contribution in [3.05, 3.63) is 152 Å². The molecule has 0 aliphatic carbocycles. The van der Waals surface area contributed by atoms with Gasteiger partial charge in [0.2, 0.25) is 0 Å². The zero-order valence-electron chi connectivity index (χ0n) is 17.9. The van der Waals surface area contributed by atoms with Crippen molar-refractivity contribution in [3.63, 3.8) is 0 Å². The van der Waals surface area contributed by atoms with Crippen LogP contribution in [0.15, 0.2) is 152 Å². The van der Waals surface area contributed by atoms with E-state index in [1.54, 1.807) is 0 Å². The first-order valence-corrected chi connectivity index (χ1v) is 16.1. The first-order valence-electron chi connectivity index (χ1n) is 10.8. The molecule has 0 aliphatic rings. The SMILES string of the molecule is c1cc[c]([Sn]([c]2ccccc2)[c]2ccccc2)cc1.c1ccc(Pc2ccccc2)cc1. The van der Waals surface area contributed by atoms with Gasteiger partial charge in [0.15, 0.2) is 0 Å². The molecule has 0 fully saturated rings. The molecule has 0 spiro atoms. The predicted octanol–water partition coefficient (Wildman–Crippen LogP) is 4.52. The zero-order valence-corrected chi connectivity index (χ0v) is 21.8. The van der Waals surface area contributed by atoms with Gasteiger partial charge in [0.1, 0.15) is 0 Å². The number of hydrogen-bond acceptors (Lipinski definition) is 0. The van der Waals surface area contributed by atoms with E-state index in [9.17, 15) is 0 Å². The summed E-state index contributed by atoms with van der Waals surface area (Å²) in [5.74, 6) is 0. The molecule has 0 aliphatic heterocycles. The molecule has 32 heavy (non-hydrogen) atoms. The maximum Gasteiger partial charge on any atom is -0.0226 e. The van der Waals surface area contributed by atoms with Gasteiger partial charge in [-0.25, -0.2) is 0 Å². The Bertz CT molecular complexity index is 1030. The fourth-order valence-electron chi connectivity index (χ4n) is 3.52. The Hall–Kier alpha value is -2.67. The number of hydrogen-bond donors (Lipinski definition) is 0. The maximum atomic E-state index is 2.29. The molecule has 0 N–H and O–H groups in total. The minimum atomic E-state index is -1.98. The Morgan fingerprint density at radius 2 is 0.562 bits per heavy atom. The largest absolute Gasteiger partial charge is 0.0622 e. The van der Waals surface area contributed by atoms with Gasteiger partial charge in [-0.15, -0.1) is 0 Å². The Kier molecular flexibility index (Phi) is 8.72. The fraction of sp³-hybridized carbons (Fsp3) is 0. The summed E-state index contributed by atoms with van der Waals surface area (Å²) in [6.45, 7) is 0. The fourth-order valence-corrected chi connectivity index (χ4v) is 11.9. The zero-order chi connectivity index (χ0) is 21.8. The van der Waals surface area contributed by atoms with Crippen LogP contribution in [0.1, 0.15) is 0 Å². The van der Waals surface area contributed by atoms with Crippen LogP contribution in [0, 0.1) is 0 Å².